The molecule has 0 fully saturated rings. The largest absolute Gasteiger partial charge is 0.449 e. The first-order chi connectivity index (χ1) is 13.9. The van der Waals surface area contributed by atoms with Gasteiger partial charge in [-0.2, -0.15) is 0 Å². The summed E-state index contributed by atoms with van der Waals surface area (Å²) in [4.78, 5) is 24.8. The van der Waals surface area contributed by atoms with Gasteiger partial charge in [-0.25, -0.2) is 13.6 Å². The number of para-hydroxylation sites is 1. The van der Waals surface area contributed by atoms with Crippen LogP contribution in [0.5, 0.6) is 0 Å². The van der Waals surface area contributed by atoms with Crippen LogP contribution < -0.4 is 5.32 Å². The highest BCUT2D eigenvalue weighted by atomic mass is 19.2. The van der Waals surface area contributed by atoms with E-state index in [1.54, 1.807) is 24.3 Å². The number of anilines is 1. The van der Waals surface area contributed by atoms with Crippen molar-refractivity contribution < 1.29 is 32.3 Å². The molecule has 1 amide bonds. The van der Waals surface area contributed by atoms with Crippen molar-refractivity contribution >= 4 is 28.5 Å². The van der Waals surface area contributed by atoms with E-state index in [1.165, 1.54) is 13.0 Å². The zero-order valence-electron chi connectivity index (χ0n) is 15.8. The number of amides is 1. The van der Waals surface area contributed by atoms with Crippen LogP contribution in [0.15, 0.2) is 46.9 Å². The quantitative estimate of drug-likeness (QED) is 0.591. The smallest absolute Gasteiger partial charge is 0.375 e. The predicted molar refractivity (Wildman–Crippen MR) is 101 cm³/mol. The Labute approximate surface area is 165 Å². The highest BCUT2D eigenvalue weighted by Crippen LogP contribution is 2.27. The molecule has 0 unspecified atom stereocenters. The third kappa shape index (κ3) is 4.60. The number of furan rings is 1. The van der Waals surface area contributed by atoms with Crippen molar-refractivity contribution in [1.82, 2.24) is 0 Å². The number of benzene rings is 2. The lowest BCUT2D eigenvalue weighted by Gasteiger charge is -2.13. The van der Waals surface area contributed by atoms with E-state index in [-0.39, 0.29) is 18.1 Å². The number of fused-ring (bicyclic) bond motifs is 1. The highest BCUT2D eigenvalue weighted by Gasteiger charge is 2.26. The summed E-state index contributed by atoms with van der Waals surface area (Å²) in [6.07, 6.45) is -1.20. The second-order valence-corrected chi connectivity index (χ2v) is 6.21. The number of ether oxygens (including phenoxy) is 2. The topological polar surface area (TPSA) is 77.8 Å². The summed E-state index contributed by atoms with van der Waals surface area (Å²) in [7, 11) is 0. The van der Waals surface area contributed by atoms with Crippen LogP contribution >= 0.6 is 0 Å². The van der Waals surface area contributed by atoms with Crippen molar-refractivity contribution in [3.8, 4) is 0 Å². The molecule has 0 radical (unpaired) electrons. The van der Waals surface area contributed by atoms with Crippen molar-refractivity contribution in [2.45, 2.75) is 26.6 Å². The molecule has 0 saturated carbocycles. The van der Waals surface area contributed by atoms with E-state index in [9.17, 15) is 18.4 Å². The Bertz CT molecular complexity index is 1050. The van der Waals surface area contributed by atoms with Crippen LogP contribution in [0.1, 0.15) is 30.0 Å². The Morgan fingerprint density at radius 3 is 2.62 bits per heavy atom. The van der Waals surface area contributed by atoms with Crippen molar-refractivity contribution in [3.05, 3.63) is 65.4 Å². The van der Waals surface area contributed by atoms with E-state index < -0.39 is 29.6 Å². The summed E-state index contributed by atoms with van der Waals surface area (Å²) in [6.45, 7) is 3.78. The Morgan fingerprint density at radius 1 is 1.14 bits per heavy atom. The van der Waals surface area contributed by atoms with Crippen molar-refractivity contribution in [2.75, 3.05) is 11.9 Å². The normalized spacial score (nSPS) is 12.0. The molecular weight excluding hydrogens is 384 g/mol. The zero-order valence-corrected chi connectivity index (χ0v) is 15.8. The molecule has 8 heteroatoms. The molecule has 1 aromatic heterocycles. The predicted octanol–water partition coefficient (Wildman–Crippen LogP) is 4.43. The number of hydrogen-bond donors (Lipinski definition) is 1. The van der Waals surface area contributed by atoms with Crippen LogP contribution in [-0.2, 0) is 20.9 Å². The van der Waals surface area contributed by atoms with E-state index in [2.05, 4.69) is 5.32 Å². The van der Waals surface area contributed by atoms with Crippen LogP contribution in [0, 0.1) is 11.6 Å². The van der Waals surface area contributed by atoms with Crippen LogP contribution in [0.3, 0.4) is 0 Å². The molecule has 2 aromatic carbocycles. The lowest BCUT2D eigenvalue weighted by Crippen LogP contribution is -2.30. The molecular formula is C21H19F2NO5. The van der Waals surface area contributed by atoms with Crippen LogP contribution in [0.2, 0.25) is 0 Å². The molecule has 3 rings (SSSR count). The summed E-state index contributed by atoms with van der Waals surface area (Å²) in [5.41, 5.74) is 1.06. The molecule has 0 spiro atoms. The van der Waals surface area contributed by atoms with Crippen molar-refractivity contribution in [3.63, 3.8) is 0 Å². The maximum Gasteiger partial charge on any atom is 0.375 e. The Morgan fingerprint density at radius 2 is 1.90 bits per heavy atom. The lowest BCUT2D eigenvalue weighted by atomic mass is 10.1. The van der Waals surface area contributed by atoms with Gasteiger partial charge in [-0.15, -0.1) is 0 Å². The third-order valence-corrected chi connectivity index (χ3v) is 4.17. The maximum absolute atomic E-state index is 13.3. The summed E-state index contributed by atoms with van der Waals surface area (Å²) < 4.78 is 42.5. The lowest BCUT2D eigenvalue weighted by molar-refractivity contribution is -0.123. The minimum atomic E-state index is -1.20. The molecule has 29 heavy (non-hydrogen) atoms. The van der Waals surface area contributed by atoms with Crippen LogP contribution in [-0.4, -0.2) is 24.6 Å². The van der Waals surface area contributed by atoms with Gasteiger partial charge in [0.15, 0.2) is 17.7 Å². The first-order valence-corrected chi connectivity index (χ1v) is 8.95. The average Bonchev–Trinajstić information content (AvgIpc) is 3.07. The van der Waals surface area contributed by atoms with Crippen molar-refractivity contribution in [2.24, 2.45) is 0 Å². The SMILES string of the molecule is CCOCc1c(C(=O)O[C@H](C)C(=O)Nc2ccc(F)c(F)c2)oc2ccccc12. The van der Waals surface area contributed by atoms with Gasteiger partial charge in [-0.1, -0.05) is 18.2 Å². The number of esters is 1. The van der Waals surface area contributed by atoms with Gasteiger partial charge < -0.3 is 19.2 Å². The van der Waals surface area contributed by atoms with Gasteiger partial charge in [0.2, 0.25) is 5.76 Å². The first kappa shape index (κ1) is 20.5. The number of nitrogens with one attached hydrogen (secondary N) is 1. The Balaban J connectivity index is 1.75. The van der Waals surface area contributed by atoms with Gasteiger partial charge in [0.1, 0.15) is 5.58 Å². The fraction of sp³-hybridized carbons (Fsp3) is 0.238. The second-order valence-electron chi connectivity index (χ2n) is 6.21. The molecule has 1 heterocycles. The van der Waals surface area contributed by atoms with Gasteiger partial charge in [0.25, 0.3) is 5.91 Å². The monoisotopic (exact) mass is 403 g/mol. The van der Waals surface area contributed by atoms with E-state index in [1.807, 2.05) is 6.92 Å². The first-order valence-electron chi connectivity index (χ1n) is 8.95. The maximum atomic E-state index is 13.3. The summed E-state index contributed by atoms with van der Waals surface area (Å²) in [5, 5.41) is 3.08. The summed E-state index contributed by atoms with van der Waals surface area (Å²) in [5.74, 6) is -3.72. The fourth-order valence-corrected chi connectivity index (χ4v) is 2.70. The van der Waals surface area contributed by atoms with Crippen LogP contribution in [0.4, 0.5) is 14.5 Å². The molecule has 6 nitrogen and oxygen atoms in total. The van der Waals surface area contributed by atoms with Gasteiger partial charge in [-0.3, -0.25) is 4.79 Å². The molecule has 0 aliphatic carbocycles. The van der Waals surface area contributed by atoms with Crippen LogP contribution in [0.25, 0.3) is 11.0 Å². The highest BCUT2D eigenvalue weighted by molar-refractivity contribution is 5.99. The van der Waals surface area contributed by atoms with Gasteiger partial charge >= 0.3 is 5.97 Å². The summed E-state index contributed by atoms with van der Waals surface area (Å²) >= 11 is 0. The minimum absolute atomic E-state index is 0.0394. The zero-order chi connectivity index (χ0) is 21.0. The minimum Gasteiger partial charge on any atom is -0.449 e. The number of rotatable bonds is 7. The van der Waals surface area contributed by atoms with E-state index in [4.69, 9.17) is 13.9 Å². The Hall–Kier alpha value is -3.26. The molecule has 0 aliphatic heterocycles. The molecule has 1 N–H and O–H groups in total. The van der Waals surface area contributed by atoms with E-state index in [0.717, 1.165) is 12.1 Å². The molecule has 0 aliphatic rings. The number of carbonyl (C=O) groups excluding carboxylic acids is 2. The molecule has 0 saturated heterocycles. The number of halogens is 2. The Kier molecular flexibility index (Phi) is 6.23. The standard InChI is InChI=1S/C21H19F2NO5/c1-3-27-11-15-14-6-4-5-7-18(14)29-19(15)21(26)28-12(2)20(25)24-13-8-9-16(22)17(23)10-13/h4-10,12H,3,11H2,1-2H3,(H,24,25)/t12-/m1/s1. The number of carbonyl (C=O) groups is 2. The molecule has 3 aromatic rings. The van der Waals surface area contributed by atoms with Gasteiger partial charge in [0.05, 0.1) is 6.61 Å². The van der Waals surface area contributed by atoms with E-state index >= 15 is 0 Å². The summed E-state index contributed by atoms with van der Waals surface area (Å²) in [6, 6.07) is 10.00. The van der Waals surface area contributed by atoms with Gasteiger partial charge in [0, 0.05) is 29.3 Å². The van der Waals surface area contributed by atoms with E-state index in [0.29, 0.717) is 23.1 Å². The average molecular weight is 403 g/mol. The number of hydrogen-bond acceptors (Lipinski definition) is 5. The third-order valence-electron chi connectivity index (χ3n) is 4.17. The van der Waals surface area contributed by atoms with Crippen molar-refractivity contribution in [1.29, 1.82) is 0 Å². The molecule has 152 valence electrons. The molecule has 1 atom stereocenters. The second kappa shape index (κ2) is 8.83. The molecule has 0 bridgehead atoms. The fourth-order valence-electron chi connectivity index (χ4n) is 2.70. The van der Waals surface area contributed by atoms with Gasteiger partial charge in [-0.05, 0) is 32.0 Å².